The first-order valence-corrected chi connectivity index (χ1v) is 6.45. The quantitative estimate of drug-likeness (QED) is 0.825. The van der Waals surface area contributed by atoms with Crippen molar-refractivity contribution in [2.45, 2.75) is 32.2 Å². The van der Waals surface area contributed by atoms with Crippen LogP contribution in [0.4, 0.5) is 0 Å². The molecule has 0 spiro atoms. The minimum atomic E-state index is 0.923. The number of rotatable bonds is 2. The van der Waals surface area contributed by atoms with Crippen LogP contribution in [0, 0.1) is 0 Å². The third kappa shape index (κ3) is 3.05. The summed E-state index contributed by atoms with van der Waals surface area (Å²) in [6, 6.07) is 0. The predicted molar refractivity (Wildman–Crippen MR) is 64.7 cm³/mol. The van der Waals surface area contributed by atoms with Crippen LogP contribution in [0.5, 0.6) is 0 Å². The molecule has 1 aromatic heterocycles. The Kier molecular flexibility index (Phi) is 3.81. The Bertz CT molecular complexity index is 294. The van der Waals surface area contributed by atoms with Crippen molar-refractivity contribution in [3.05, 3.63) is 16.6 Å². The molecule has 2 heterocycles. The number of hydrogen-bond acceptors (Lipinski definition) is 2. The van der Waals surface area contributed by atoms with E-state index in [0.29, 0.717) is 0 Å². The van der Waals surface area contributed by atoms with Gasteiger partial charge in [-0.25, -0.2) is 4.98 Å². The molecule has 1 fully saturated rings. The first-order valence-electron chi connectivity index (χ1n) is 5.66. The van der Waals surface area contributed by atoms with E-state index in [9.17, 15) is 0 Å². The van der Waals surface area contributed by atoms with Gasteiger partial charge >= 0.3 is 0 Å². The molecule has 0 aliphatic carbocycles. The zero-order valence-electron chi connectivity index (χ0n) is 9.25. The fourth-order valence-corrected chi connectivity index (χ4v) is 2.43. The fourth-order valence-electron chi connectivity index (χ4n) is 2.10. The Morgan fingerprint density at radius 3 is 2.47 bits per heavy atom. The van der Waals surface area contributed by atoms with E-state index in [0.717, 1.165) is 11.3 Å². The minimum Gasteiger partial charge on any atom is -0.328 e. The lowest BCUT2D eigenvalue weighted by Gasteiger charge is -2.17. The third-order valence-corrected chi connectivity index (χ3v) is 3.69. The second kappa shape index (κ2) is 5.12. The highest BCUT2D eigenvalue weighted by Gasteiger charge is 2.11. The van der Waals surface area contributed by atoms with E-state index < -0.39 is 0 Å². The summed E-state index contributed by atoms with van der Waals surface area (Å²) in [6.45, 7) is 3.46. The van der Waals surface area contributed by atoms with Crippen molar-refractivity contribution >= 4 is 15.9 Å². The SMILES string of the molecule is Cn1cc(CN2CCCCCC2)nc1Br. The standard InChI is InChI=1S/C11H18BrN3/c1-14-8-10(13-11(14)12)9-15-6-4-2-3-5-7-15/h8H,2-7,9H2,1H3. The molecular weight excluding hydrogens is 254 g/mol. The van der Waals surface area contributed by atoms with Crippen LogP contribution >= 0.6 is 15.9 Å². The maximum Gasteiger partial charge on any atom is 0.177 e. The lowest BCUT2D eigenvalue weighted by molar-refractivity contribution is 0.274. The number of aromatic nitrogens is 2. The Hall–Kier alpha value is -0.350. The average molecular weight is 272 g/mol. The van der Waals surface area contributed by atoms with Crippen molar-refractivity contribution in [2.75, 3.05) is 13.1 Å². The van der Waals surface area contributed by atoms with Gasteiger partial charge in [0.15, 0.2) is 4.73 Å². The first kappa shape index (κ1) is 11.1. The van der Waals surface area contributed by atoms with E-state index in [4.69, 9.17) is 0 Å². The van der Waals surface area contributed by atoms with E-state index in [1.807, 2.05) is 11.6 Å². The maximum atomic E-state index is 4.47. The molecule has 0 bridgehead atoms. The van der Waals surface area contributed by atoms with Crippen molar-refractivity contribution in [1.29, 1.82) is 0 Å². The van der Waals surface area contributed by atoms with Gasteiger partial charge in [0.2, 0.25) is 0 Å². The number of nitrogens with zero attached hydrogens (tertiary/aromatic N) is 3. The average Bonchev–Trinajstić information content (AvgIpc) is 2.45. The normalized spacial score (nSPS) is 19.1. The molecule has 1 aliphatic heterocycles. The second-order valence-corrected chi connectivity index (χ2v) is 5.01. The number of likely N-dealkylation sites (tertiary alicyclic amines) is 1. The lowest BCUT2D eigenvalue weighted by atomic mass is 10.2. The summed E-state index contributed by atoms with van der Waals surface area (Å²) in [5, 5.41) is 0. The van der Waals surface area contributed by atoms with Gasteiger partial charge in [-0.1, -0.05) is 12.8 Å². The van der Waals surface area contributed by atoms with Crippen LogP contribution in [-0.2, 0) is 13.6 Å². The van der Waals surface area contributed by atoms with Crippen LogP contribution in [0.1, 0.15) is 31.4 Å². The van der Waals surface area contributed by atoms with Crippen LogP contribution in [-0.4, -0.2) is 27.5 Å². The van der Waals surface area contributed by atoms with Gasteiger partial charge in [-0.3, -0.25) is 4.90 Å². The smallest absolute Gasteiger partial charge is 0.177 e. The van der Waals surface area contributed by atoms with E-state index in [-0.39, 0.29) is 0 Å². The topological polar surface area (TPSA) is 21.1 Å². The summed E-state index contributed by atoms with van der Waals surface area (Å²) >= 11 is 3.43. The Balaban J connectivity index is 1.95. The Labute approximate surface area is 99.6 Å². The van der Waals surface area contributed by atoms with Gasteiger partial charge in [-0.2, -0.15) is 0 Å². The molecule has 1 aromatic rings. The van der Waals surface area contributed by atoms with Gasteiger partial charge in [0, 0.05) is 19.8 Å². The molecule has 0 N–H and O–H groups in total. The summed E-state index contributed by atoms with van der Waals surface area (Å²) in [6.07, 6.45) is 7.57. The number of hydrogen-bond donors (Lipinski definition) is 0. The van der Waals surface area contributed by atoms with E-state index in [2.05, 4.69) is 32.0 Å². The van der Waals surface area contributed by atoms with Crippen molar-refractivity contribution in [2.24, 2.45) is 7.05 Å². The van der Waals surface area contributed by atoms with Gasteiger partial charge in [0.1, 0.15) is 0 Å². The fraction of sp³-hybridized carbons (Fsp3) is 0.727. The molecule has 1 saturated heterocycles. The largest absolute Gasteiger partial charge is 0.328 e. The lowest BCUT2D eigenvalue weighted by Crippen LogP contribution is -2.24. The van der Waals surface area contributed by atoms with E-state index >= 15 is 0 Å². The third-order valence-electron chi connectivity index (χ3n) is 2.95. The highest BCUT2D eigenvalue weighted by atomic mass is 79.9. The monoisotopic (exact) mass is 271 g/mol. The summed E-state index contributed by atoms with van der Waals surface area (Å²) in [4.78, 5) is 6.99. The van der Waals surface area contributed by atoms with Crippen LogP contribution in [0.2, 0.25) is 0 Å². The summed E-state index contributed by atoms with van der Waals surface area (Å²) in [5.41, 5.74) is 1.17. The molecule has 15 heavy (non-hydrogen) atoms. The zero-order valence-corrected chi connectivity index (χ0v) is 10.8. The molecule has 0 unspecified atom stereocenters. The maximum absolute atomic E-state index is 4.47. The number of aryl methyl sites for hydroxylation is 1. The molecule has 0 aromatic carbocycles. The highest BCUT2D eigenvalue weighted by molar-refractivity contribution is 9.10. The molecule has 2 rings (SSSR count). The van der Waals surface area contributed by atoms with Crippen molar-refractivity contribution in [3.8, 4) is 0 Å². The zero-order chi connectivity index (χ0) is 10.7. The molecule has 84 valence electrons. The highest BCUT2D eigenvalue weighted by Crippen LogP contribution is 2.14. The van der Waals surface area contributed by atoms with Crippen LogP contribution in [0.15, 0.2) is 10.9 Å². The summed E-state index contributed by atoms with van der Waals surface area (Å²) in [7, 11) is 2.02. The molecule has 0 atom stereocenters. The minimum absolute atomic E-state index is 0.923. The second-order valence-electron chi connectivity index (χ2n) is 4.30. The van der Waals surface area contributed by atoms with Crippen molar-refractivity contribution in [1.82, 2.24) is 14.5 Å². The van der Waals surface area contributed by atoms with Crippen molar-refractivity contribution < 1.29 is 0 Å². The van der Waals surface area contributed by atoms with Crippen LogP contribution in [0.3, 0.4) is 0 Å². The van der Waals surface area contributed by atoms with Gasteiger partial charge in [0.05, 0.1) is 5.69 Å². The van der Waals surface area contributed by atoms with Crippen molar-refractivity contribution in [3.63, 3.8) is 0 Å². The van der Waals surface area contributed by atoms with Gasteiger partial charge in [0.25, 0.3) is 0 Å². The van der Waals surface area contributed by atoms with Gasteiger partial charge < -0.3 is 4.57 Å². The molecule has 0 saturated carbocycles. The molecule has 4 heteroatoms. The predicted octanol–water partition coefficient (Wildman–Crippen LogP) is 2.56. The Morgan fingerprint density at radius 2 is 1.93 bits per heavy atom. The Morgan fingerprint density at radius 1 is 1.27 bits per heavy atom. The molecule has 3 nitrogen and oxygen atoms in total. The van der Waals surface area contributed by atoms with Gasteiger partial charge in [-0.05, 0) is 41.9 Å². The first-order chi connectivity index (χ1) is 7.25. The van der Waals surface area contributed by atoms with Gasteiger partial charge in [-0.15, -0.1) is 0 Å². The molecule has 0 amide bonds. The van der Waals surface area contributed by atoms with Crippen LogP contribution < -0.4 is 0 Å². The summed E-state index contributed by atoms with van der Waals surface area (Å²) < 4.78 is 2.94. The molecular formula is C11H18BrN3. The number of halogens is 1. The number of imidazole rings is 1. The molecule has 1 aliphatic rings. The molecule has 0 radical (unpaired) electrons. The van der Waals surface area contributed by atoms with E-state index in [1.165, 1.54) is 44.5 Å². The summed E-state index contributed by atoms with van der Waals surface area (Å²) in [5.74, 6) is 0. The van der Waals surface area contributed by atoms with E-state index in [1.54, 1.807) is 0 Å². The van der Waals surface area contributed by atoms with Crippen LogP contribution in [0.25, 0.3) is 0 Å².